The molecule has 3 aromatic rings. The van der Waals surface area contributed by atoms with Crippen LogP contribution in [-0.2, 0) is 12.8 Å². The summed E-state index contributed by atoms with van der Waals surface area (Å²) in [7, 11) is 1.94. The van der Waals surface area contributed by atoms with Crippen LogP contribution in [0, 0.1) is 0 Å². The largest absolute Gasteiger partial charge is 0.485 e. The van der Waals surface area contributed by atoms with Gasteiger partial charge in [-0.15, -0.1) is 15.3 Å². The van der Waals surface area contributed by atoms with Crippen molar-refractivity contribution in [2.45, 2.75) is 35.9 Å². The van der Waals surface area contributed by atoms with Gasteiger partial charge in [0.2, 0.25) is 0 Å². The minimum Gasteiger partial charge on any atom is -0.485 e. The lowest BCUT2D eigenvalue weighted by atomic mass is 10.2. The smallest absolute Gasteiger partial charge is 0.192 e. The van der Waals surface area contributed by atoms with Crippen LogP contribution >= 0.6 is 11.8 Å². The van der Waals surface area contributed by atoms with E-state index in [-0.39, 0.29) is 6.10 Å². The number of ether oxygens (including phenoxy) is 2. The number of aromatic nitrogens is 7. The third-order valence-corrected chi connectivity index (χ3v) is 5.47. The molecular weight excluding hydrogens is 354 g/mol. The summed E-state index contributed by atoms with van der Waals surface area (Å²) in [5.74, 6) is 3.74. The van der Waals surface area contributed by atoms with Gasteiger partial charge in [-0.25, -0.2) is 4.68 Å². The Labute approximate surface area is 153 Å². The molecule has 1 unspecified atom stereocenters. The fourth-order valence-electron chi connectivity index (χ4n) is 2.92. The van der Waals surface area contributed by atoms with E-state index in [1.54, 1.807) is 11.8 Å². The predicted molar refractivity (Wildman–Crippen MR) is 92.0 cm³/mol. The number of hydrogen-bond donors (Lipinski definition) is 0. The van der Waals surface area contributed by atoms with Crippen LogP contribution in [0.2, 0.25) is 0 Å². The molecule has 0 bridgehead atoms. The number of nitrogens with zero attached hydrogens (tertiary/aromatic N) is 7. The van der Waals surface area contributed by atoms with Crippen molar-refractivity contribution in [3.63, 3.8) is 0 Å². The molecule has 1 atom stereocenters. The van der Waals surface area contributed by atoms with Gasteiger partial charge in [0.25, 0.3) is 0 Å². The number of thioether (sulfide) groups is 1. The molecule has 1 aliphatic carbocycles. The summed E-state index contributed by atoms with van der Waals surface area (Å²) < 4.78 is 15.7. The van der Waals surface area contributed by atoms with Gasteiger partial charge < -0.3 is 14.0 Å². The second-order valence-corrected chi connectivity index (χ2v) is 7.27. The number of rotatable bonds is 5. The number of fused-ring (bicyclic) bond motifs is 1. The number of benzene rings is 1. The standard InChI is InChI=1S/C16H17N7O2S/c1-22-15(13-8-24-11-4-2-3-5-12(11)25-13)18-19-16(22)26-9-14-17-20-21-23(14)10-6-7-10/h2-5,10,13H,6-9H2,1H3. The van der Waals surface area contributed by atoms with Crippen LogP contribution in [0.5, 0.6) is 11.5 Å². The normalized spacial score (nSPS) is 18.9. The Morgan fingerprint density at radius 1 is 1.15 bits per heavy atom. The van der Waals surface area contributed by atoms with E-state index >= 15 is 0 Å². The Bertz CT molecular complexity index is 936. The lowest BCUT2D eigenvalue weighted by molar-refractivity contribution is 0.0825. The van der Waals surface area contributed by atoms with Crippen molar-refractivity contribution < 1.29 is 9.47 Å². The zero-order valence-corrected chi connectivity index (χ0v) is 15.0. The fourth-order valence-corrected chi connectivity index (χ4v) is 3.75. The summed E-state index contributed by atoms with van der Waals surface area (Å²) in [6.45, 7) is 0.410. The summed E-state index contributed by atoms with van der Waals surface area (Å²) in [5, 5.41) is 21.4. The van der Waals surface area contributed by atoms with Crippen molar-refractivity contribution in [3.8, 4) is 11.5 Å². The van der Waals surface area contributed by atoms with Crippen molar-refractivity contribution in [1.82, 2.24) is 35.0 Å². The van der Waals surface area contributed by atoms with Crippen LogP contribution in [-0.4, -0.2) is 41.6 Å². The summed E-state index contributed by atoms with van der Waals surface area (Å²) in [4.78, 5) is 0. The highest BCUT2D eigenvalue weighted by Crippen LogP contribution is 2.37. The Kier molecular flexibility index (Phi) is 3.77. The lowest BCUT2D eigenvalue weighted by Crippen LogP contribution is -2.24. The molecule has 0 spiro atoms. The van der Waals surface area contributed by atoms with Crippen LogP contribution in [0.4, 0.5) is 0 Å². The molecular formula is C16H17N7O2S. The summed E-state index contributed by atoms with van der Waals surface area (Å²) in [6.07, 6.45) is 2.02. The molecule has 9 nitrogen and oxygen atoms in total. The van der Waals surface area contributed by atoms with Gasteiger partial charge in [-0.3, -0.25) is 0 Å². The fraction of sp³-hybridized carbons (Fsp3) is 0.438. The quantitative estimate of drug-likeness (QED) is 0.628. The van der Waals surface area contributed by atoms with Crippen LogP contribution < -0.4 is 9.47 Å². The molecule has 2 aromatic heterocycles. The second kappa shape index (κ2) is 6.27. The van der Waals surface area contributed by atoms with Crippen LogP contribution in [0.3, 0.4) is 0 Å². The third kappa shape index (κ3) is 2.79. The first-order valence-electron chi connectivity index (χ1n) is 8.47. The van der Waals surface area contributed by atoms with Crippen molar-refractivity contribution in [3.05, 3.63) is 35.9 Å². The Balaban J connectivity index is 1.30. The molecule has 1 fully saturated rings. The molecule has 5 rings (SSSR count). The SMILES string of the molecule is Cn1c(SCc2nnnn2C2CC2)nnc1C1COc2ccccc2O1. The van der Waals surface area contributed by atoms with Crippen LogP contribution in [0.25, 0.3) is 0 Å². The van der Waals surface area contributed by atoms with E-state index < -0.39 is 0 Å². The lowest BCUT2D eigenvalue weighted by Gasteiger charge is -2.25. The zero-order valence-electron chi connectivity index (χ0n) is 14.1. The minimum absolute atomic E-state index is 0.284. The average molecular weight is 371 g/mol. The van der Waals surface area contributed by atoms with Gasteiger partial charge in [0.1, 0.15) is 6.61 Å². The highest BCUT2D eigenvalue weighted by Gasteiger charge is 2.29. The third-order valence-electron chi connectivity index (χ3n) is 4.45. The van der Waals surface area contributed by atoms with Crippen LogP contribution in [0.1, 0.15) is 36.6 Å². The van der Waals surface area contributed by atoms with Gasteiger partial charge in [-0.1, -0.05) is 23.9 Å². The van der Waals surface area contributed by atoms with E-state index in [9.17, 15) is 0 Å². The molecule has 0 saturated heterocycles. The molecule has 0 amide bonds. The minimum atomic E-state index is -0.284. The van der Waals surface area contributed by atoms with Crippen molar-refractivity contribution in [2.24, 2.45) is 7.05 Å². The van der Waals surface area contributed by atoms with E-state index in [1.807, 2.05) is 40.6 Å². The van der Waals surface area contributed by atoms with Crippen molar-refractivity contribution in [2.75, 3.05) is 6.61 Å². The number of tetrazole rings is 1. The molecule has 2 aliphatic rings. The Hall–Kier alpha value is -2.62. The molecule has 10 heteroatoms. The summed E-state index contributed by atoms with van der Waals surface area (Å²) in [6, 6.07) is 8.10. The monoisotopic (exact) mass is 371 g/mol. The van der Waals surface area contributed by atoms with E-state index in [0.717, 1.165) is 41.1 Å². The van der Waals surface area contributed by atoms with Crippen molar-refractivity contribution >= 4 is 11.8 Å². The average Bonchev–Trinajstić information content (AvgIpc) is 3.30. The highest BCUT2D eigenvalue weighted by atomic mass is 32.2. The predicted octanol–water partition coefficient (Wildman–Crippen LogP) is 1.94. The van der Waals surface area contributed by atoms with Gasteiger partial charge in [0.05, 0.1) is 11.8 Å². The summed E-state index contributed by atoms with van der Waals surface area (Å²) >= 11 is 1.56. The summed E-state index contributed by atoms with van der Waals surface area (Å²) in [5.41, 5.74) is 0. The Morgan fingerprint density at radius 3 is 2.85 bits per heavy atom. The topological polar surface area (TPSA) is 92.8 Å². The molecule has 26 heavy (non-hydrogen) atoms. The van der Waals surface area contributed by atoms with Crippen LogP contribution in [0.15, 0.2) is 29.4 Å². The van der Waals surface area contributed by atoms with E-state index in [2.05, 4.69) is 25.7 Å². The zero-order chi connectivity index (χ0) is 17.5. The van der Waals surface area contributed by atoms with E-state index in [1.165, 1.54) is 0 Å². The van der Waals surface area contributed by atoms with Crippen molar-refractivity contribution in [1.29, 1.82) is 0 Å². The first kappa shape index (κ1) is 15.6. The second-order valence-electron chi connectivity index (χ2n) is 6.32. The van der Waals surface area contributed by atoms with Gasteiger partial charge >= 0.3 is 0 Å². The molecule has 0 N–H and O–H groups in total. The van der Waals surface area contributed by atoms with Gasteiger partial charge in [-0.05, 0) is 35.4 Å². The molecule has 1 aliphatic heterocycles. The maximum atomic E-state index is 6.03. The van der Waals surface area contributed by atoms with Gasteiger partial charge in [-0.2, -0.15) is 0 Å². The van der Waals surface area contributed by atoms with E-state index in [0.29, 0.717) is 18.4 Å². The number of hydrogen-bond acceptors (Lipinski definition) is 8. The molecule has 0 radical (unpaired) electrons. The maximum Gasteiger partial charge on any atom is 0.192 e. The first-order valence-corrected chi connectivity index (χ1v) is 9.45. The van der Waals surface area contributed by atoms with Gasteiger partial charge in [0, 0.05) is 7.05 Å². The highest BCUT2D eigenvalue weighted by molar-refractivity contribution is 7.98. The molecule has 1 saturated carbocycles. The van der Waals surface area contributed by atoms with E-state index in [4.69, 9.17) is 9.47 Å². The molecule has 1 aromatic carbocycles. The Morgan fingerprint density at radius 2 is 2.00 bits per heavy atom. The van der Waals surface area contributed by atoms with Gasteiger partial charge in [0.15, 0.2) is 34.4 Å². The molecule has 3 heterocycles. The molecule has 134 valence electrons. The first-order chi connectivity index (χ1) is 12.8. The maximum absolute atomic E-state index is 6.03. The number of para-hydroxylation sites is 2.